The van der Waals surface area contributed by atoms with Crippen LogP contribution in [0.5, 0.6) is 0 Å². The van der Waals surface area contributed by atoms with Crippen LogP contribution in [0.3, 0.4) is 0 Å². The van der Waals surface area contributed by atoms with E-state index in [9.17, 15) is 37.1 Å². The predicted molar refractivity (Wildman–Crippen MR) is 155 cm³/mol. The molecule has 0 spiro atoms. The molecule has 1 saturated heterocycles. The molecule has 2 aliphatic rings. The Labute approximate surface area is 259 Å². The highest BCUT2D eigenvalue weighted by atomic mass is 35.5. The molecular formula is C31H25ClF3N5O5. The number of carbonyl (C=O) groups excluding carboxylic acids is 5. The minimum Gasteiger partial charge on any atom is -0.323 e. The van der Waals surface area contributed by atoms with E-state index >= 15 is 0 Å². The SMILES string of the molecule is Cc1ccc(C#Cc2cnn(C3(C(=O)Nc4ccc(C(F)(F)F)cc4Cl)CCC3)c2)cc1C(=O)N(C=O)C1CCC(=O)NC1=O. The monoisotopic (exact) mass is 639 g/mol. The van der Waals surface area contributed by atoms with Crippen molar-refractivity contribution in [2.75, 3.05) is 5.32 Å². The van der Waals surface area contributed by atoms with Crippen LogP contribution < -0.4 is 10.6 Å². The van der Waals surface area contributed by atoms with Crippen molar-refractivity contribution in [2.24, 2.45) is 0 Å². The largest absolute Gasteiger partial charge is 0.416 e. The van der Waals surface area contributed by atoms with Gasteiger partial charge in [0.1, 0.15) is 11.6 Å². The van der Waals surface area contributed by atoms with Crippen molar-refractivity contribution in [1.29, 1.82) is 0 Å². The second kappa shape index (κ2) is 12.2. The summed E-state index contributed by atoms with van der Waals surface area (Å²) in [6.07, 6.45) is 0.366. The fraction of sp³-hybridized carbons (Fsp3) is 0.290. The highest BCUT2D eigenvalue weighted by Crippen LogP contribution is 2.41. The van der Waals surface area contributed by atoms with Crippen LogP contribution in [-0.2, 0) is 30.9 Å². The van der Waals surface area contributed by atoms with Crippen molar-refractivity contribution in [1.82, 2.24) is 20.0 Å². The van der Waals surface area contributed by atoms with Crippen LogP contribution in [0.15, 0.2) is 48.8 Å². The Kier molecular flexibility index (Phi) is 8.53. The number of alkyl halides is 3. The van der Waals surface area contributed by atoms with E-state index in [0.29, 0.717) is 29.5 Å². The molecule has 1 aromatic heterocycles. The average molecular weight is 640 g/mol. The summed E-state index contributed by atoms with van der Waals surface area (Å²) < 4.78 is 40.5. The highest BCUT2D eigenvalue weighted by Gasteiger charge is 2.47. The molecule has 45 heavy (non-hydrogen) atoms. The van der Waals surface area contributed by atoms with Gasteiger partial charge in [0.25, 0.3) is 11.8 Å². The fourth-order valence-electron chi connectivity index (χ4n) is 5.15. The second-order valence-corrected chi connectivity index (χ2v) is 11.2. The van der Waals surface area contributed by atoms with Gasteiger partial charge in [0, 0.05) is 23.7 Å². The molecule has 0 radical (unpaired) electrons. The molecule has 5 rings (SSSR count). The third-order valence-corrected chi connectivity index (χ3v) is 8.19. The number of piperidine rings is 1. The molecule has 232 valence electrons. The first-order valence-electron chi connectivity index (χ1n) is 13.8. The lowest BCUT2D eigenvalue weighted by Crippen LogP contribution is -2.53. The Balaban J connectivity index is 1.33. The standard InChI is InChI=1S/C31H25ClF3N5O5/c1-18-3-4-19(13-22(18)28(44)39(17-41)25-9-10-26(42)38-27(25)43)5-6-20-15-36-40(16-20)30(11-2-12-30)29(45)37-24-8-7-21(14-23(24)32)31(33,34)35/h3-4,7-8,13-17,25H,2,9-12H2,1H3,(H,37,45)(H,38,42,43). The van der Waals surface area contributed by atoms with Crippen molar-refractivity contribution in [3.8, 4) is 11.8 Å². The van der Waals surface area contributed by atoms with Gasteiger partial charge in [-0.1, -0.05) is 29.5 Å². The Morgan fingerprint density at radius 2 is 1.89 bits per heavy atom. The maximum atomic E-state index is 13.3. The van der Waals surface area contributed by atoms with Gasteiger partial charge in [-0.15, -0.1) is 0 Å². The number of aryl methyl sites for hydroxylation is 1. The van der Waals surface area contributed by atoms with E-state index in [2.05, 4.69) is 27.6 Å². The van der Waals surface area contributed by atoms with Crippen LogP contribution in [0, 0.1) is 18.8 Å². The first-order valence-corrected chi connectivity index (χ1v) is 14.2. The molecule has 14 heteroatoms. The third kappa shape index (κ3) is 6.32. The smallest absolute Gasteiger partial charge is 0.323 e. The molecule has 10 nitrogen and oxygen atoms in total. The molecule has 2 heterocycles. The molecule has 2 fully saturated rings. The van der Waals surface area contributed by atoms with E-state index in [0.717, 1.165) is 29.5 Å². The van der Waals surface area contributed by atoms with Gasteiger partial charge < -0.3 is 5.32 Å². The molecule has 1 aliphatic heterocycles. The van der Waals surface area contributed by atoms with Crippen LogP contribution in [0.2, 0.25) is 5.02 Å². The molecule has 2 aromatic carbocycles. The van der Waals surface area contributed by atoms with Crippen LogP contribution in [0.1, 0.15) is 64.7 Å². The van der Waals surface area contributed by atoms with Crippen molar-refractivity contribution in [2.45, 2.75) is 56.8 Å². The van der Waals surface area contributed by atoms with Crippen LogP contribution in [-0.4, -0.2) is 50.8 Å². The molecule has 2 N–H and O–H groups in total. The van der Waals surface area contributed by atoms with Crippen LogP contribution in [0.25, 0.3) is 0 Å². The summed E-state index contributed by atoms with van der Waals surface area (Å²) >= 11 is 6.03. The quantitative estimate of drug-likeness (QED) is 0.236. The van der Waals surface area contributed by atoms with Gasteiger partial charge in [-0.25, -0.2) is 0 Å². The van der Waals surface area contributed by atoms with E-state index in [-0.39, 0.29) is 35.5 Å². The van der Waals surface area contributed by atoms with Gasteiger partial charge in [-0.05, 0) is 68.5 Å². The van der Waals surface area contributed by atoms with Gasteiger partial charge in [-0.2, -0.15) is 18.3 Å². The molecule has 0 bridgehead atoms. The number of imide groups is 2. The maximum Gasteiger partial charge on any atom is 0.416 e. The zero-order valence-corrected chi connectivity index (χ0v) is 24.5. The topological polar surface area (TPSA) is 130 Å². The summed E-state index contributed by atoms with van der Waals surface area (Å²) in [4.78, 5) is 62.9. The summed E-state index contributed by atoms with van der Waals surface area (Å²) in [5, 5.41) is 8.84. The number of anilines is 1. The van der Waals surface area contributed by atoms with Crippen molar-refractivity contribution in [3.63, 3.8) is 0 Å². The first-order chi connectivity index (χ1) is 21.3. The molecule has 1 unspecified atom stereocenters. The number of nitrogens with one attached hydrogen (secondary N) is 2. The van der Waals surface area contributed by atoms with Crippen molar-refractivity contribution in [3.05, 3.63) is 81.6 Å². The van der Waals surface area contributed by atoms with Crippen LogP contribution >= 0.6 is 11.6 Å². The Morgan fingerprint density at radius 1 is 1.16 bits per heavy atom. The number of nitrogens with zero attached hydrogens (tertiary/aromatic N) is 3. The van der Waals surface area contributed by atoms with E-state index in [4.69, 9.17) is 11.6 Å². The van der Waals surface area contributed by atoms with E-state index in [1.165, 1.54) is 16.9 Å². The molecular weight excluding hydrogens is 615 g/mol. The van der Waals surface area contributed by atoms with Gasteiger partial charge >= 0.3 is 6.18 Å². The Bertz CT molecular complexity index is 1790. The van der Waals surface area contributed by atoms with Gasteiger partial charge in [-0.3, -0.25) is 38.9 Å². The minimum absolute atomic E-state index is 0.00203. The second-order valence-electron chi connectivity index (χ2n) is 10.8. The number of amides is 5. The lowest BCUT2D eigenvalue weighted by atomic mass is 9.76. The normalized spacial score (nSPS) is 17.3. The summed E-state index contributed by atoms with van der Waals surface area (Å²) in [5.74, 6) is 3.49. The highest BCUT2D eigenvalue weighted by molar-refractivity contribution is 6.33. The first kappa shape index (κ1) is 31.5. The summed E-state index contributed by atoms with van der Waals surface area (Å²) in [5.41, 5.74) is -0.385. The van der Waals surface area contributed by atoms with E-state index < -0.39 is 46.9 Å². The van der Waals surface area contributed by atoms with Crippen LogP contribution in [0.4, 0.5) is 18.9 Å². The number of rotatable bonds is 6. The number of carbonyl (C=O) groups is 5. The maximum absolute atomic E-state index is 13.3. The third-order valence-electron chi connectivity index (χ3n) is 7.88. The summed E-state index contributed by atoms with van der Waals surface area (Å²) in [6, 6.07) is 6.40. The summed E-state index contributed by atoms with van der Waals surface area (Å²) in [7, 11) is 0. The summed E-state index contributed by atoms with van der Waals surface area (Å²) in [6.45, 7) is 1.67. The molecule has 1 saturated carbocycles. The van der Waals surface area contributed by atoms with Crippen molar-refractivity contribution >= 4 is 47.3 Å². The lowest BCUT2D eigenvalue weighted by Gasteiger charge is -2.40. The van der Waals surface area contributed by atoms with Gasteiger partial charge in [0.2, 0.25) is 18.2 Å². The predicted octanol–water partition coefficient (Wildman–Crippen LogP) is 4.19. The van der Waals surface area contributed by atoms with Crippen molar-refractivity contribution < 1.29 is 37.1 Å². The number of benzene rings is 2. The molecule has 3 aromatic rings. The van der Waals surface area contributed by atoms with Gasteiger partial charge in [0.15, 0.2) is 0 Å². The average Bonchev–Trinajstić information content (AvgIpc) is 3.42. The van der Waals surface area contributed by atoms with E-state index in [1.807, 2.05) is 0 Å². The lowest BCUT2D eigenvalue weighted by molar-refractivity contribution is -0.139. The zero-order valence-electron chi connectivity index (χ0n) is 23.7. The Hall–Kier alpha value is -4.96. The Morgan fingerprint density at radius 3 is 2.51 bits per heavy atom. The number of hydrogen-bond acceptors (Lipinski definition) is 6. The number of aromatic nitrogens is 2. The molecule has 5 amide bonds. The number of hydrogen-bond donors (Lipinski definition) is 2. The molecule has 1 atom stereocenters. The molecule has 1 aliphatic carbocycles. The minimum atomic E-state index is -4.57. The fourth-order valence-corrected chi connectivity index (χ4v) is 5.38. The van der Waals surface area contributed by atoms with E-state index in [1.54, 1.807) is 25.3 Å². The number of halogens is 4. The van der Waals surface area contributed by atoms with Gasteiger partial charge in [0.05, 0.1) is 28.0 Å². The zero-order chi connectivity index (χ0) is 32.5.